The van der Waals surface area contributed by atoms with Crippen molar-refractivity contribution in [3.8, 4) is 0 Å². The molecule has 86 valence electrons. The molecular formula is C14H18ClN. The first kappa shape index (κ1) is 10.6. The van der Waals surface area contributed by atoms with Gasteiger partial charge >= 0.3 is 0 Å². The van der Waals surface area contributed by atoms with Crippen molar-refractivity contribution in [1.82, 2.24) is 4.90 Å². The Morgan fingerprint density at radius 3 is 2.81 bits per heavy atom. The van der Waals surface area contributed by atoms with E-state index in [0.717, 1.165) is 11.1 Å². The molecule has 0 bridgehead atoms. The van der Waals surface area contributed by atoms with Gasteiger partial charge in [0.2, 0.25) is 0 Å². The molecule has 0 radical (unpaired) electrons. The number of piperidine rings is 1. The van der Waals surface area contributed by atoms with Crippen LogP contribution in [0, 0.1) is 0 Å². The topological polar surface area (TPSA) is 3.24 Å². The maximum atomic E-state index is 6.31. The Kier molecular flexibility index (Phi) is 2.91. The van der Waals surface area contributed by atoms with Crippen LogP contribution in [0.15, 0.2) is 24.3 Å². The zero-order valence-corrected chi connectivity index (χ0v) is 10.3. The maximum absolute atomic E-state index is 6.31. The van der Waals surface area contributed by atoms with Gasteiger partial charge in [-0.05, 0) is 43.9 Å². The summed E-state index contributed by atoms with van der Waals surface area (Å²) in [5, 5.41) is 0.943. The zero-order chi connectivity index (χ0) is 11.0. The highest BCUT2D eigenvalue weighted by Gasteiger charge is 2.36. The molecule has 1 nitrogen and oxygen atoms in total. The van der Waals surface area contributed by atoms with Crippen molar-refractivity contribution in [2.45, 2.75) is 44.2 Å². The fraction of sp³-hybridized carbons (Fsp3) is 0.571. The second kappa shape index (κ2) is 4.38. The molecule has 2 aliphatic rings. The van der Waals surface area contributed by atoms with Crippen LogP contribution in [-0.2, 0) is 0 Å². The minimum absolute atomic E-state index is 0.582. The van der Waals surface area contributed by atoms with Crippen molar-refractivity contribution in [3.63, 3.8) is 0 Å². The minimum atomic E-state index is 0.582. The third-order valence-corrected chi connectivity index (χ3v) is 4.45. The van der Waals surface area contributed by atoms with Crippen LogP contribution >= 0.6 is 11.6 Å². The molecule has 2 heterocycles. The Bertz CT molecular complexity index is 377. The van der Waals surface area contributed by atoms with Gasteiger partial charge in [-0.3, -0.25) is 4.90 Å². The number of nitrogens with zero attached hydrogens (tertiary/aromatic N) is 1. The van der Waals surface area contributed by atoms with Gasteiger partial charge in [0.15, 0.2) is 0 Å². The van der Waals surface area contributed by atoms with Crippen molar-refractivity contribution in [1.29, 1.82) is 0 Å². The summed E-state index contributed by atoms with van der Waals surface area (Å²) in [6.07, 6.45) is 6.80. The predicted molar refractivity (Wildman–Crippen MR) is 67.8 cm³/mol. The monoisotopic (exact) mass is 235 g/mol. The van der Waals surface area contributed by atoms with E-state index in [1.54, 1.807) is 0 Å². The highest BCUT2D eigenvalue weighted by Crippen LogP contribution is 2.42. The zero-order valence-electron chi connectivity index (χ0n) is 9.53. The van der Waals surface area contributed by atoms with E-state index in [9.17, 15) is 0 Å². The van der Waals surface area contributed by atoms with E-state index in [2.05, 4.69) is 17.0 Å². The van der Waals surface area contributed by atoms with Gasteiger partial charge in [-0.1, -0.05) is 36.2 Å². The Hall–Kier alpha value is -0.530. The molecule has 2 aliphatic heterocycles. The second-order valence-electron chi connectivity index (χ2n) is 5.00. The molecule has 0 N–H and O–H groups in total. The summed E-state index contributed by atoms with van der Waals surface area (Å²) in [7, 11) is 0. The van der Waals surface area contributed by atoms with E-state index in [1.807, 2.05) is 12.1 Å². The van der Waals surface area contributed by atoms with E-state index < -0.39 is 0 Å². The quantitative estimate of drug-likeness (QED) is 0.711. The third-order valence-electron chi connectivity index (χ3n) is 4.11. The molecule has 2 saturated heterocycles. The van der Waals surface area contributed by atoms with Gasteiger partial charge in [0, 0.05) is 17.1 Å². The molecule has 0 aliphatic carbocycles. The van der Waals surface area contributed by atoms with Gasteiger partial charge in [-0.25, -0.2) is 0 Å². The van der Waals surface area contributed by atoms with Crippen LogP contribution in [0.1, 0.15) is 43.7 Å². The number of hydrogen-bond donors (Lipinski definition) is 0. The maximum Gasteiger partial charge on any atom is 0.0453 e. The van der Waals surface area contributed by atoms with Crippen LogP contribution in [0.25, 0.3) is 0 Å². The first-order valence-electron chi connectivity index (χ1n) is 6.36. The lowest BCUT2D eigenvalue weighted by molar-refractivity contribution is 0.150. The molecule has 2 fully saturated rings. The molecule has 16 heavy (non-hydrogen) atoms. The van der Waals surface area contributed by atoms with E-state index in [-0.39, 0.29) is 0 Å². The summed E-state index contributed by atoms with van der Waals surface area (Å²) in [6, 6.07) is 9.76. The number of benzene rings is 1. The summed E-state index contributed by atoms with van der Waals surface area (Å²) in [5.74, 6) is 0. The van der Waals surface area contributed by atoms with Gasteiger partial charge in [-0.2, -0.15) is 0 Å². The van der Waals surface area contributed by atoms with Gasteiger partial charge < -0.3 is 0 Å². The average molecular weight is 236 g/mol. The Balaban J connectivity index is 1.88. The largest absolute Gasteiger partial charge is 0.293 e. The number of halogens is 1. The lowest BCUT2D eigenvalue weighted by atomic mass is 10.0. The van der Waals surface area contributed by atoms with Crippen LogP contribution in [0.4, 0.5) is 0 Å². The number of hydrogen-bond acceptors (Lipinski definition) is 1. The molecule has 1 aromatic rings. The highest BCUT2D eigenvalue weighted by molar-refractivity contribution is 6.31. The summed E-state index contributed by atoms with van der Waals surface area (Å²) in [6.45, 7) is 1.26. The highest BCUT2D eigenvalue weighted by atomic mass is 35.5. The molecule has 0 unspecified atom stereocenters. The lowest BCUT2D eigenvalue weighted by Gasteiger charge is -2.34. The van der Waals surface area contributed by atoms with E-state index >= 15 is 0 Å². The fourth-order valence-electron chi connectivity index (χ4n) is 3.34. The molecular weight excluding hydrogens is 218 g/mol. The van der Waals surface area contributed by atoms with Gasteiger partial charge in [-0.15, -0.1) is 0 Å². The van der Waals surface area contributed by atoms with Crippen LogP contribution in [0.5, 0.6) is 0 Å². The van der Waals surface area contributed by atoms with Crippen molar-refractivity contribution >= 4 is 11.6 Å². The lowest BCUT2D eigenvalue weighted by Crippen LogP contribution is -2.35. The average Bonchev–Trinajstić information content (AvgIpc) is 2.74. The second-order valence-corrected chi connectivity index (χ2v) is 5.41. The standard InChI is InChI=1S/C14H18ClN/c15-13-7-2-1-6-12(13)14-9-8-11-5-3-4-10-16(11)14/h1-2,6-7,11,14H,3-5,8-10H2/t11-,14-/m1/s1. The van der Waals surface area contributed by atoms with Crippen LogP contribution < -0.4 is 0 Å². The summed E-state index contributed by atoms with van der Waals surface area (Å²) >= 11 is 6.31. The van der Waals surface area contributed by atoms with E-state index in [0.29, 0.717) is 6.04 Å². The SMILES string of the molecule is Clc1ccccc1[C@H]1CC[C@H]2CCCCN21. The van der Waals surface area contributed by atoms with Crippen molar-refractivity contribution < 1.29 is 0 Å². The van der Waals surface area contributed by atoms with Gasteiger partial charge in [0.05, 0.1) is 0 Å². The summed E-state index contributed by atoms with van der Waals surface area (Å²) in [5.41, 5.74) is 1.34. The molecule has 0 amide bonds. The van der Waals surface area contributed by atoms with Crippen molar-refractivity contribution in [2.75, 3.05) is 6.54 Å². The molecule has 0 saturated carbocycles. The Morgan fingerprint density at radius 2 is 1.94 bits per heavy atom. The first-order valence-corrected chi connectivity index (χ1v) is 6.74. The number of rotatable bonds is 1. The van der Waals surface area contributed by atoms with Crippen molar-refractivity contribution in [3.05, 3.63) is 34.9 Å². The Morgan fingerprint density at radius 1 is 1.06 bits per heavy atom. The molecule has 1 aromatic carbocycles. The third kappa shape index (κ3) is 1.76. The van der Waals surface area contributed by atoms with Crippen LogP contribution in [-0.4, -0.2) is 17.5 Å². The van der Waals surface area contributed by atoms with Gasteiger partial charge in [0.25, 0.3) is 0 Å². The molecule has 0 spiro atoms. The summed E-state index contributed by atoms with van der Waals surface area (Å²) in [4.78, 5) is 2.69. The summed E-state index contributed by atoms with van der Waals surface area (Å²) < 4.78 is 0. The van der Waals surface area contributed by atoms with E-state index in [4.69, 9.17) is 11.6 Å². The van der Waals surface area contributed by atoms with Crippen LogP contribution in [0.3, 0.4) is 0 Å². The van der Waals surface area contributed by atoms with Crippen molar-refractivity contribution in [2.24, 2.45) is 0 Å². The molecule has 3 rings (SSSR count). The number of fused-ring (bicyclic) bond motifs is 1. The normalized spacial score (nSPS) is 30.3. The minimum Gasteiger partial charge on any atom is -0.293 e. The predicted octanol–water partition coefficient (Wildman–Crippen LogP) is 4.03. The Labute approximate surface area is 102 Å². The van der Waals surface area contributed by atoms with Crippen LogP contribution in [0.2, 0.25) is 5.02 Å². The molecule has 2 atom stereocenters. The first-order chi connectivity index (χ1) is 7.86. The van der Waals surface area contributed by atoms with Gasteiger partial charge in [0.1, 0.15) is 0 Å². The molecule has 0 aromatic heterocycles. The van der Waals surface area contributed by atoms with E-state index in [1.165, 1.54) is 44.2 Å². The smallest absolute Gasteiger partial charge is 0.0453 e. The fourth-order valence-corrected chi connectivity index (χ4v) is 3.60. The molecule has 2 heteroatoms.